The minimum absolute atomic E-state index is 0.0534. The smallest absolute Gasteiger partial charge is 0.250 e. The summed E-state index contributed by atoms with van der Waals surface area (Å²) in [5.74, 6) is 0.730. The number of aromatic nitrogens is 4. The van der Waals surface area contributed by atoms with Crippen LogP contribution in [0.2, 0.25) is 0 Å². The van der Waals surface area contributed by atoms with Gasteiger partial charge in [0.05, 0.1) is 17.9 Å². The Morgan fingerprint density at radius 1 is 1.25 bits per heavy atom. The summed E-state index contributed by atoms with van der Waals surface area (Å²) in [6, 6.07) is 10.8. The Morgan fingerprint density at radius 3 is 2.93 bits per heavy atom. The number of amides is 1. The molecule has 0 saturated carbocycles. The van der Waals surface area contributed by atoms with Gasteiger partial charge in [0.25, 0.3) is 5.56 Å². The third kappa shape index (κ3) is 3.60. The summed E-state index contributed by atoms with van der Waals surface area (Å²) in [4.78, 5) is 28.9. The molecule has 1 amide bonds. The van der Waals surface area contributed by atoms with Crippen molar-refractivity contribution in [3.05, 3.63) is 76.1 Å². The number of carbonyl (C=O) groups is 1. The van der Waals surface area contributed by atoms with Gasteiger partial charge in [0, 0.05) is 36.5 Å². The van der Waals surface area contributed by atoms with Crippen molar-refractivity contribution in [3.63, 3.8) is 0 Å². The molecule has 1 atom stereocenters. The lowest BCUT2D eigenvalue weighted by atomic mass is 9.93. The molecule has 0 radical (unpaired) electrons. The van der Waals surface area contributed by atoms with E-state index in [-0.39, 0.29) is 23.9 Å². The van der Waals surface area contributed by atoms with Gasteiger partial charge >= 0.3 is 0 Å². The lowest BCUT2D eigenvalue weighted by Gasteiger charge is -2.24. The van der Waals surface area contributed by atoms with E-state index in [4.69, 9.17) is 0 Å². The molecule has 144 valence electrons. The van der Waals surface area contributed by atoms with Gasteiger partial charge in [-0.1, -0.05) is 12.1 Å². The number of pyridine rings is 2. The molecule has 0 unspecified atom stereocenters. The van der Waals surface area contributed by atoms with Crippen molar-refractivity contribution in [1.82, 2.24) is 24.6 Å². The van der Waals surface area contributed by atoms with E-state index in [0.29, 0.717) is 6.54 Å². The lowest BCUT2D eigenvalue weighted by molar-refractivity contribution is -0.122. The van der Waals surface area contributed by atoms with Crippen LogP contribution in [0.15, 0.2) is 53.6 Å². The summed E-state index contributed by atoms with van der Waals surface area (Å²) in [7, 11) is 0. The first-order valence-electron chi connectivity index (χ1n) is 9.57. The maximum Gasteiger partial charge on any atom is 0.250 e. The molecule has 1 aliphatic carbocycles. The minimum atomic E-state index is -0.0793. The molecule has 3 aromatic rings. The average Bonchev–Trinajstić information content (AvgIpc) is 3.13. The quantitative estimate of drug-likeness (QED) is 0.740. The molecule has 7 nitrogen and oxygen atoms in total. The van der Waals surface area contributed by atoms with Crippen LogP contribution in [-0.2, 0) is 17.8 Å². The first-order chi connectivity index (χ1) is 13.6. The van der Waals surface area contributed by atoms with Crippen molar-refractivity contribution in [2.45, 2.75) is 45.2 Å². The second-order valence-corrected chi connectivity index (χ2v) is 7.07. The molecule has 3 aromatic heterocycles. The van der Waals surface area contributed by atoms with Crippen LogP contribution in [0.4, 0.5) is 0 Å². The Bertz CT molecular complexity index is 1040. The molecular weight excluding hydrogens is 354 g/mol. The SMILES string of the molecule is Cc1cccc(=O)n1CCC(=O)N[C@@H]1CCCc2c1cnn2-c1ccccn1. The van der Waals surface area contributed by atoms with Crippen LogP contribution >= 0.6 is 0 Å². The molecule has 0 fully saturated rings. The van der Waals surface area contributed by atoms with Gasteiger partial charge in [0.2, 0.25) is 5.91 Å². The fourth-order valence-corrected chi connectivity index (χ4v) is 3.77. The number of nitrogens with zero attached hydrogens (tertiary/aromatic N) is 4. The van der Waals surface area contributed by atoms with Crippen LogP contribution in [-0.4, -0.2) is 25.2 Å². The van der Waals surface area contributed by atoms with Crippen molar-refractivity contribution in [3.8, 4) is 5.82 Å². The van der Waals surface area contributed by atoms with E-state index >= 15 is 0 Å². The monoisotopic (exact) mass is 377 g/mol. The highest BCUT2D eigenvalue weighted by atomic mass is 16.2. The van der Waals surface area contributed by atoms with E-state index < -0.39 is 0 Å². The van der Waals surface area contributed by atoms with Gasteiger partial charge in [0.15, 0.2) is 5.82 Å². The molecule has 3 heterocycles. The van der Waals surface area contributed by atoms with E-state index in [1.54, 1.807) is 16.8 Å². The largest absolute Gasteiger partial charge is 0.349 e. The Morgan fingerprint density at radius 2 is 2.14 bits per heavy atom. The highest BCUT2D eigenvalue weighted by Crippen LogP contribution is 2.30. The molecule has 0 aliphatic heterocycles. The van der Waals surface area contributed by atoms with Gasteiger partial charge in [0.1, 0.15) is 0 Å². The van der Waals surface area contributed by atoms with Crippen LogP contribution in [0.5, 0.6) is 0 Å². The lowest BCUT2D eigenvalue weighted by Crippen LogP contribution is -2.32. The zero-order chi connectivity index (χ0) is 19.5. The highest BCUT2D eigenvalue weighted by molar-refractivity contribution is 5.76. The molecule has 28 heavy (non-hydrogen) atoms. The third-order valence-corrected chi connectivity index (χ3v) is 5.21. The normalized spacial score (nSPS) is 15.8. The molecule has 1 N–H and O–H groups in total. The Kier molecular flexibility index (Phi) is 5.06. The zero-order valence-corrected chi connectivity index (χ0v) is 15.8. The Hall–Kier alpha value is -3.22. The summed E-state index contributed by atoms with van der Waals surface area (Å²) < 4.78 is 3.49. The van der Waals surface area contributed by atoms with Crippen molar-refractivity contribution in [2.24, 2.45) is 0 Å². The fraction of sp³-hybridized carbons (Fsp3) is 0.333. The van der Waals surface area contributed by atoms with Crippen LogP contribution in [0.1, 0.15) is 42.3 Å². The molecule has 7 heteroatoms. The predicted molar refractivity (Wildman–Crippen MR) is 105 cm³/mol. The summed E-state index contributed by atoms with van der Waals surface area (Å²) >= 11 is 0. The van der Waals surface area contributed by atoms with Crippen LogP contribution < -0.4 is 10.9 Å². The number of carbonyl (C=O) groups excluding carboxylic acids is 1. The summed E-state index contributed by atoms with van der Waals surface area (Å²) in [5, 5.41) is 7.62. The van der Waals surface area contributed by atoms with Gasteiger partial charge in [-0.2, -0.15) is 5.10 Å². The van der Waals surface area contributed by atoms with E-state index in [9.17, 15) is 9.59 Å². The maximum absolute atomic E-state index is 12.5. The van der Waals surface area contributed by atoms with Crippen molar-refractivity contribution in [1.29, 1.82) is 0 Å². The third-order valence-electron chi connectivity index (χ3n) is 5.21. The summed E-state index contributed by atoms with van der Waals surface area (Å²) in [6.07, 6.45) is 6.63. The average molecular weight is 377 g/mol. The van der Waals surface area contributed by atoms with Gasteiger partial charge in [-0.05, 0) is 44.4 Å². The molecule has 0 bridgehead atoms. The highest BCUT2D eigenvalue weighted by Gasteiger charge is 2.26. The zero-order valence-electron chi connectivity index (χ0n) is 15.8. The fourth-order valence-electron chi connectivity index (χ4n) is 3.77. The van der Waals surface area contributed by atoms with Gasteiger partial charge in [-0.15, -0.1) is 0 Å². The Labute approximate surface area is 163 Å². The van der Waals surface area contributed by atoms with Gasteiger partial charge in [-0.3, -0.25) is 9.59 Å². The standard InChI is InChI=1S/C21H23N5O2/c1-15-6-4-10-21(28)25(15)13-11-20(27)24-17-7-5-8-18-16(17)14-23-26(18)19-9-2-3-12-22-19/h2-4,6,9-10,12,14,17H,5,7-8,11,13H2,1H3,(H,24,27)/t17-/m1/s1. The van der Waals surface area contributed by atoms with Crippen LogP contribution in [0.25, 0.3) is 5.82 Å². The number of rotatable bonds is 5. The number of hydrogen-bond donors (Lipinski definition) is 1. The van der Waals surface area contributed by atoms with Gasteiger partial charge in [-0.25, -0.2) is 9.67 Å². The number of hydrogen-bond acceptors (Lipinski definition) is 4. The van der Waals surface area contributed by atoms with Crippen LogP contribution in [0, 0.1) is 6.92 Å². The second-order valence-electron chi connectivity index (χ2n) is 7.07. The van der Waals surface area contributed by atoms with E-state index in [1.165, 1.54) is 6.07 Å². The van der Waals surface area contributed by atoms with Crippen LogP contribution in [0.3, 0.4) is 0 Å². The topological polar surface area (TPSA) is 81.8 Å². The molecular formula is C21H23N5O2. The molecule has 0 spiro atoms. The number of fused-ring (bicyclic) bond motifs is 1. The van der Waals surface area contributed by atoms with E-state index in [1.807, 2.05) is 42.1 Å². The predicted octanol–water partition coefficient (Wildman–Crippen LogP) is 2.32. The molecule has 1 aliphatic rings. The second kappa shape index (κ2) is 7.80. The first kappa shape index (κ1) is 18.2. The first-order valence-corrected chi connectivity index (χ1v) is 9.57. The Balaban J connectivity index is 1.46. The van der Waals surface area contributed by atoms with Crippen molar-refractivity contribution < 1.29 is 4.79 Å². The maximum atomic E-state index is 12.5. The number of aryl methyl sites for hydroxylation is 1. The van der Waals surface area contributed by atoms with Gasteiger partial charge < -0.3 is 9.88 Å². The molecule has 4 rings (SSSR count). The summed E-state index contributed by atoms with van der Waals surface area (Å²) in [6.45, 7) is 2.25. The van der Waals surface area contributed by atoms with Crippen molar-refractivity contribution >= 4 is 5.91 Å². The minimum Gasteiger partial charge on any atom is -0.349 e. The summed E-state index contributed by atoms with van der Waals surface area (Å²) in [5.41, 5.74) is 2.94. The van der Waals surface area contributed by atoms with E-state index in [2.05, 4.69) is 15.4 Å². The molecule has 0 aromatic carbocycles. The molecule has 0 saturated heterocycles. The number of nitrogens with one attached hydrogen (secondary N) is 1. The van der Waals surface area contributed by atoms with Crippen molar-refractivity contribution in [2.75, 3.05) is 0 Å². The van der Waals surface area contributed by atoms with E-state index in [0.717, 1.165) is 42.0 Å².